The highest BCUT2D eigenvalue weighted by Crippen LogP contribution is 2.03. The summed E-state index contributed by atoms with van der Waals surface area (Å²) in [5.41, 5.74) is 0. The Hall–Kier alpha value is -1.16. The van der Waals surface area contributed by atoms with Crippen molar-refractivity contribution in [1.29, 1.82) is 0 Å². The number of nitrogens with zero attached hydrogens (tertiary/aromatic N) is 2. The van der Waals surface area contributed by atoms with Gasteiger partial charge in [-0.2, -0.15) is 0 Å². The number of amides is 2. The normalized spacial score (nSPS) is 15.8. The van der Waals surface area contributed by atoms with E-state index in [1.807, 2.05) is 0 Å². The van der Waals surface area contributed by atoms with Crippen LogP contribution in [0.2, 0.25) is 0 Å². The van der Waals surface area contributed by atoms with E-state index in [-0.39, 0.29) is 11.8 Å². The first-order chi connectivity index (χ1) is 7.19. The fourth-order valence-electron chi connectivity index (χ4n) is 1.64. The molecule has 0 saturated heterocycles. The first kappa shape index (κ1) is 11.9. The highest BCUT2D eigenvalue weighted by molar-refractivity contribution is 6.12. The summed E-state index contributed by atoms with van der Waals surface area (Å²) in [5.74, 6) is -0.375. The predicted octanol–water partition coefficient (Wildman–Crippen LogP) is 0.643. The van der Waals surface area contributed by atoms with E-state index < -0.39 is 0 Å². The number of hydrogen-bond acceptors (Lipinski definition) is 3. The number of carbonyl (C=O) groups excluding carboxylic acids is 2. The maximum absolute atomic E-state index is 11.2. The van der Waals surface area contributed by atoms with Gasteiger partial charge >= 0.3 is 0 Å². The van der Waals surface area contributed by atoms with Crippen LogP contribution < -0.4 is 0 Å². The van der Waals surface area contributed by atoms with Crippen molar-refractivity contribution in [2.24, 2.45) is 0 Å². The summed E-state index contributed by atoms with van der Waals surface area (Å²) in [6.45, 7) is 7.44. The predicted molar refractivity (Wildman–Crippen MR) is 58.3 cm³/mol. The zero-order valence-corrected chi connectivity index (χ0v) is 9.40. The maximum atomic E-state index is 11.2. The van der Waals surface area contributed by atoms with Crippen molar-refractivity contribution in [2.45, 2.75) is 20.3 Å². The Morgan fingerprint density at radius 2 is 1.73 bits per heavy atom. The second-order valence-corrected chi connectivity index (χ2v) is 3.60. The van der Waals surface area contributed by atoms with Crippen molar-refractivity contribution in [3.8, 4) is 0 Å². The van der Waals surface area contributed by atoms with Gasteiger partial charge < -0.3 is 4.90 Å². The van der Waals surface area contributed by atoms with E-state index in [2.05, 4.69) is 18.7 Å². The van der Waals surface area contributed by atoms with Crippen LogP contribution >= 0.6 is 0 Å². The molecule has 2 amide bonds. The molecule has 0 bridgehead atoms. The van der Waals surface area contributed by atoms with Gasteiger partial charge in [0.05, 0.1) is 0 Å². The molecule has 0 saturated carbocycles. The molecule has 15 heavy (non-hydrogen) atoms. The monoisotopic (exact) mass is 210 g/mol. The van der Waals surface area contributed by atoms with Crippen LogP contribution in [0.5, 0.6) is 0 Å². The molecule has 1 rings (SSSR count). The van der Waals surface area contributed by atoms with Gasteiger partial charge in [0.15, 0.2) is 0 Å². The van der Waals surface area contributed by atoms with Crippen molar-refractivity contribution in [1.82, 2.24) is 9.80 Å². The summed E-state index contributed by atoms with van der Waals surface area (Å²) in [4.78, 5) is 26.0. The lowest BCUT2D eigenvalue weighted by molar-refractivity contribution is -0.137. The minimum atomic E-state index is -0.187. The van der Waals surface area contributed by atoms with Gasteiger partial charge in [0.2, 0.25) is 0 Å². The van der Waals surface area contributed by atoms with E-state index in [4.69, 9.17) is 0 Å². The van der Waals surface area contributed by atoms with Crippen LogP contribution in [0, 0.1) is 0 Å². The van der Waals surface area contributed by atoms with Gasteiger partial charge in [-0.05, 0) is 19.5 Å². The van der Waals surface area contributed by atoms with Crippen molar-refractivity contribution in [3.63, 3.8) is 0 Å². The van der Waals surface area contributed by atoms with E-state index in [1.54, 1.807) is 0 Å². The Labute approximate surface area is 90.5 Å². The fraction of sp³-hybridized carbons (Fsp3) is 0.636. The maximum Gasteiger partial charge on any atom is 0.253 e. The first-order valence-corrected chi connectivity index (χ1v) is 5.45. The second-order valence-electron chi connectivity index (χ2n) is 3.60. The lowest BCUT2D eigenvalue weighted by atomic mass is 10.4. The van der Waals surface area contributed by atoms with Crippen molar-refractivity contribution >= 4 is 11.8 Å². The molecule has 0 atom stereocenters. The van der Waals surface area contributed by atoms with Crippen LogP contribution in [0.1, 0.15) is 20.3 Å². The molecule has 84 valence electrons. The third-order valence-electron chi connectivity index (χ3n) is 2.53. The number of likely N-dealkylation sites (N-methyl/N-ethyl adjacent to an activating group) is 1. The lowest BCUT2D eigenvalue weighted by Crippen LogP contribution is -2.38. The standard InChI is InChI=1S/C11H18N2O2/c1-3-7-12(4-2)8-9-13-10(14)5-6-11(13)15/h5-6H,3-4,7-9H2,1-2H3. The van der Waals surface area contributed by atoms with E-state index in [0.29, 0.717) is 6.54 Å². The van der Waals surface area contributed by atoms with Crippen molar-refractivity contribution in [3.05, 3.63) is 12.2 Å². The van der Waals surface area contributed by atoms with Gasteiger partial charge in [0.1, 0.15) is 0 Å². The Balaban J connectivity index is 2.36. The fourth-order valence-corrected chi connectivity index (χ4v) is 1.64. The van der Waals surface area contributed by atoms with Crippen LogP contribution in [0.3, 0.4) is 0 Å². The second kappa shape index (κ2) is 5.66. The van der Waals surface area contributed by atoms with Gasteiger partial charge in [-0.1, -0.05) is 13.8 Å². The summed E-state index contributed by atoms with van der Waals surface area (Å²) < 4.78 is 0. The van der Waals surface area contributed by atoms with Crippen LogP contribution in [-0.4, -0.2) is 47.8 Å². The molecular formula is C11H18N2O2. The van der Waals surface area contributed by atoms with Gasteiger partial charge in [-0.15, -0.1) is 0 Å². The smallest absolute Gasteiger partial charge is 0.253 e. The van der Waals surface area contributed by atoms with E-state index in [0.717, 1.165) is 26.1 Å². The Morgan fingerprint density at radius 1 is 1.13 bits per heavy atom. The highest BCUT2D eigenvalue weighted by atomic mass is 16.2. The van der Waals surface area contributed by atoms with Crippen LogP contribution in [0.15, 0.2) is 12.2 Å². The molecular weight excluding hydrogens is 192 g/mol. The van der Waals surface area contributed by atoms with Crippen LogP contribution in [-0.2, 0) is 9.59 Å². The molecule has 0 aromatic carbocycles. The summed E-state index contributed by atoms with van der Waals surface area (Å²) in [6, 6.07) is 0. The van der Waals surface area contributed by atoms with Gasteiger partial charge in [-0.3, -0.25) is 14.5 Å². The average Bonchev–Trinajstić information content (AvgIpc) is 2.54. The molecule has 0 N–H and O–H groups in total. The number of imide groups is 1. The largest absolute Gasteiger partial charge is 0.302 e. The molecule has 4 nitrogen and oxygen atoms in total. The SMILES string of the molecule is CCCN(CC)CCN1C(=O)C=CC1=O. The zero-order chi connectivity index (χ0) is 11.3. The zero-order valence-electron chi connectivity index (χ0n) is 9.40. The van der Waals surface area contributed by atoms with E-state index >= 15 is 0 Å². The molecule has 0 aromatic rings. The van der Waals surface area contributed by atoms with Crippen molar-refractivity contribution < 1.29 is 9.59 Å². The van der Waals surface area contributed by atoms with E-state index in [9.17, 15) is 9.59 Å². The van der Waals surface area contributed by atoms with E-state index in [1.165, 1.54) is 17.1 Å². The van der Waals surface area contributed by atoms with Gasteiger partial charge in [-0.25, -0.2) is 0 Å². The molecule has 0 aliphatic carbocycles. The lowest BCUT2D eigenvalue weighted by Gasteiger charge is -2.22. The Kier molecular flexibility index (Phi) is 4.49. The summed E-state index contributed by atoms with van der Waals surface area (Å²) >= 11 is 0. The minimum Gasteiger partial charge on any atom is -0.302 e. The average molecular weight is 210 g/mol. The molecule has 0 radical (unpaired) electrons. The Bertz CT molecular complexity index is 256. The quantitative estimate of drug-likeness (QED) is 0.604. The van der Waals surface area contributed by atoms with Crippen LogP contribution in [0.4, 0.5) is 0 Å². The molecule has 1 aliphatic heterocycles. The molecule has 4 heteroatoms. The van der Waals surface area contributed by atoms with Crippen molar-refractivity contribution in [2.75, 3.05) is 26.2 Å². The molecule has 1 aliphatic rings. The summed E-state index contributed by atoms with van der Waals surface area (Å²) in [7, 11) is 0. The molecule has 0 spiro atoms. The third kappa shape index (κ3) is 3.16. The summed E-state index contributed by atoms with van der Waals surface area (Å²) in [5, 5.41) is 0. The van der Waals surface area contributed by atoms with Gasteiger partial charge in [0, 0.05) is 25.2 Å². The molecule has 0 aromatic heterocycles. The molecule has 0 fully saturated rings. The molecule has 0 unspecified atom stereocenters. The minimum absolute atomic E-state index is 0.187. The number of rotatable bonds is 6. The Morgan fingerprint density at radius 3 is 2.20 bits per heavy atom. The summed E-state index contributed by atoms with van der Waals surface area (Å²) in [6.07, 6.45) is 3.75. The highest BCUT2D eigenvalue weighted by Gasteiger charge is 2.22. The topological polar surface area (TPSA) is 40.6 Å². The van der Waals surface area contributed by atoms with Gasteiger partial charge in [0.25, 0.3) is 11.8 Å². The third-order valence-corrected chi connectivity index (χ3v) is 2.53. The molecule has 1 heterocycles. The number of hydrogen-bond donors (Lipinski definition) is 0. The first-order valence-electron chi connectivity index (χ1n) is 5.45. The van der Waals surface area contributed by atoms with Crippen LogP contribution in [0.25, 0.3) is 0 Å². The number of carbonyl (C=O) groups is 2.